The molecule has 1 heterocycles. The smallest absolute Gasteiger partial charge is 0.362 e. The number of aliphatic hydroxyl groups is 1. The Bertz CT molecular complexity index is 631. The third-order valence-corrected chi connectivity index (χ3v) is 3.88. The molecule has 1 aliphatic heterocycles. The molecule has 0 saturated heterocycles. The predicted molar refractivity (Wildman–Crippen MR) is 78.2 cm³/mol. The SMILES string of the molecule is CC(C)C1=NN(C(=O)c2cccc(Br)c2)[C@](O)(C(F)(F)F)C1. The summed E-state index contributed by atoms with van der Waals surface area (Å²) in [5.74, 6) is -1.31. The normalized spacial score (nSPS) is 22.2. The summed E-state index contributed by atoms with van der Waals surface area (Å²) in [5.41, 5.74) is -3.18. The molecule has 0 bridgehead atoms. The third kappa shape index (κ3) is 2.89. The molecule has 8 heteroatoms. The van der Waals surface area contributed by atoms with E-state index in [9.17, 15) is 23.1 Å². The van der Waals surface area contributed by atoms with Crippen LogP contribution in [0.5, 0.6) is 0 Å². The van der Waals surface area contributed by atoms with E-state index < -0.39 is 24.2 Å². The summed E-state index contributed by atoms with van der Waals surface area (Å²) >= 11 is 3.15. The second-order valence-electron chi connectivity index (χ2n) is 5.36. The number of halogens is 4. The fourth-order valence-corrected chi connectivity index (χ4v) is 2.47. The van der Waals surface area contributed by atoms with Crippen molar-refractivity contribution < 1.29 is 23.1 Å². The van der Waals surface area contributed by atoms with Crippen LogP contribution in [0.3, 0.4) is 0 Å². The van der Waals surface area contributed by atoms with Crippen LogP contribution >= 0.6 is 15.9 Å². The summed E-state index contributed by atoms with van der Waals surface area (Å²) in [6.45, 7) is 3.31. The van der Waals surface area contributed by atoms with E-state index in [1.54, 1.807) is 19.9 Å². The first-order chi connectivity index (χ1) is 10.1. The maximum atomic E-state index is 13.3. The first kappa shape index (κ1) is 17.0. The highest BCUT2D eigenvalue weighted by molar-refractivity contribution is 9.10. The van der Waals surface area contributed by atoms with Crippen molar-refractivity contribution in [2.24, 2.45) is 11.0 Å². The lowest BCUT2D eigenvalue weighted by atomic mass is 9.99. The number of nitrogens with zero attached hydrogens (tertiary/aromatic N) is 2. The molecule has 1 aromatic rings. The molecule has 0 spiro atoms. The molecule has 1 aromatic carbocycles. The largest absolute Gasteiger partial charge is 0.438 e. The first-order valence-electron chi connectivity index (χ1n) is 6.53. The zero-order chi connectivity index (χ0) is 16.7. The van der Waals surface area contributed by atoms with E-state index in [0.29, 0.717) is 4.47 Å². The molecular formula is C14H14BrF3N2O2. The molecule has 1 amide bonds. The van der Waals surface area contributed by atoms with Crippen LogP contribution in [0.25, 0.3) is 0 Å². The first-order valence-corrected chi connectivity index (χ1v) is 7.32. The molecule has 0 fully saturated rings. The van der Waals surface area contributed by atoms with Gasteiger partial charge in [-0.3, -0.25) is 4.79 Å². The van der Waals surface area contributed by atoms with Gasteiger partial charge in [0.1, 0.15) is 0 Å². The van der Waals surface area contributed by atoms with E-state index in [-0.39, 0.29) is 22.2 Å². The summed E-state index contributed by atoms with van der Waals surface area (Å²) in [4.78, 5) is 12.4. The molecule has 2 rings (SSSR count). The Morgan fingerprint density at radius 3 is 2.59 bits per heavy atom. The molecule has 0 radical (unpaired) electrons. The van der Waals surface area contributed by atoms with Gasteiger partial charge in [0.2, 0.25) is 0 Å². The number of carbonyl (C=O) groups excluding carboxylic acids is 1. The molecule has 4 nitrogen and oxygen atoms in total. The van der Waals surface area contributed by atoms with E-state index >= 15 is 0 Å². The molecule has 0 aromatic heterocycles. The van der Waals surface area contributed by atoms with Crippen molar-refractivity contribution in [3.63, 3.8) is 0 Å². The average molecular weight is 379 g/mol. The summed E-state index contributed by atoms with van der Waals surface area (Å²) in [5, 5.41) is 13.9. The molecule has 0 saturated carbocycles. The minimum atomic E-state index is -5.01. The van der Waals surface area contributed by atoms with Crippen LogP contribution in [0.4, 0.5) is 13.2 Å². The number of hydrogen-bond donors (Lipinski definition) is 1. The van der Waals surface area contributed by atoms with Crippen LogP contribution in [-0.4, -0.2) is 33.6 Å². The molecule has 1 aliphatic rings. The van der Waals surface area contributed by atoms with Crippen LogP contribution in [0.1, 0.15) is 30.6 Å². The van der Waals surface area contributed by atoms with Crippen molar-refractivity contribution in [1.29, 1.82) is 0 Å². The Balaban J connectivity index is 2.46. The van der Waals surface area contributed by atoms with Crippen molar-refractivity contribution >= 4 is 27.5 Å². The van der Waals surface area contributed by atoms with Crippen LogP contribution < -0.4 is 0 Å². The number of hydrazone groups is 1. The van der Waals surface area contributed by atoms with Crippen molar-refractivity contribution in [3.8, 4) is 0 Å². The van der Waals surface area contributed by atoms with Gasteiger partial charge in [-0.15, -0.1) is 0 Å². The van der Waals surface area contributed by atoms with Gasteiger partial charge in [-0.1, -0.05) is 35.8 Å². The Kier molecular flexibility index (Phi) is 4.36. The highest BCUT2D eigenvalue weighted by Crippen LogP contribution is 2.42. The second kappa shape index (κ2) is 5.66. The van der Waals surface area contributed by atoms with Crippen LogP contribution in [0.2, 0.25) is 0 Å². The summed E-state index contributed by atoms with van der Waals surface area (Å²) in [6.07, 6.45) is -5.75. The lowest BCUT2D eigenvalue weighted by Crippen LogP contribution is -2.56. The zero-order valence-corrected chi connectivity index (χ0v) is 13.4. The van der Waals surface area contributed by atoms with Crippen molar-refractivity contribution in [3.05, 3.63) is 34.3 Å². The lowest BCUT2D eigenvalue weighted by molar-refractivity contribution is -0.297. The Morgan fingerprint density at radius 1 is 1.45 bits per heavy atom. The Labute approximate surface area is 133 Å². The molecular weight excluding hydrogens is 365 g/mol. The molecule has 1 N–H and O–H groups in total. The predicted octanol–water partition coefficient (Wildman–Crippen LogP) is 3.56. The maximum absolute atomic E-state index is 13.3. The number of carbonyl (C=O) groups is 1. The second-order valence-corrected chi connectivity index (χ2v) is 6.28. The topological polar surface area (TPSA) is 52.9 Å². The molecule has 120 valence electrons. The van der Waals surface area contributed by atoms with Gasteiger partial charge in [-0.05, 0) is 24.1 Å². The zero-order valence-electron chi connectivity index (χ0n) is 11.9. The van der Waals surface area contributed by atoms with Crippen LogP contribution in [-0.2, 0) is 0 Å². The number of alkyl halides is 3. The molecule has 0 unspecified atom stereocenters. The fraction of sp³-hybridized carbons (Fsp3) is 0.429. The summed E-state index contributed by atoms with van der Waals surface area (Å²) < 4.78 is 40.3. The Hall–Kier alpha value is -1.41. The summed E-state index contributed by atoms with van der Waals surface area (Å²) in [6, 6.07) is 5.90. The molecule has 0 aliphatic carbocycles. The average Bonchev–Trinajstić information content (AvgIpc) is 2.77. The van der Waals surface area contributed by atoms with Crippen LogP contribution in [0, 0.1) is 5.92 Å². The summed E-state index contributed by atoms with van der Waals surface area (Å²) in [7, 11) is 0. The number of hydrogen-bond acceptors (Lipinski definition) is 3. The van der Waals surface area contributed by atoms with Crippen LogP contribution in [0.15, 0.2) is 33.8 Å². The van der Waals surface area contributed by atoms with E-state index in [1.165, 1.54) is 18.2 Å². The van der Waals surface area contributed by atoms with Gasteiger partial charge in [-0.25, -0.2) is 0 Å². The van der Waals surface area contributed by atoms with Gasteiger partial charge in [0.25, 0.3) is 11.6 Å². The quantitative estimate of drug-likeness (QED) is 0.855. The van der Waals surface area contributed by atoms with Gasteiger partial charge in [0.05, 0.1) is 0 Å². The van der Waals surface area contributed by atoms with Gasteiger partial charge >= 0.3 is 6.18 Å². The Morgan fingerprint density at radius 2 is 2.09 bits per heavy atom. The molecule has 1 atom stereocenters. The minimum Gasteiger partial charge on any atom is -0.362 e. The van der Waals surface area contributed by atoms with Gasteiger partial charge in [-0.2, -0.15) is 23.3 Å². The third-order valence-electron chi connectivity index (χ3n) is 3.39. The van der Waals surface area contributed by atoms with Crippen molar-refractivity contribution in [2.45, 2.75) is 32.2 Å². The fourth-order valence-electron chi connectivity index (χ4n) is 2.07. The number of amides is 1. The lowest BCUT2D eigenvalue weighted by Gasteiger charge is -2.32. The van der Waals surface area contributed by atoms with E-state index in [0.717, 1.165) is 0 Å². The standard InChI is InChI=1S/C14H14BrF3N2O2/c1-8(2)11-7-13(22,14(16,17)18)20(19-11)12(21)9-4-3-5-10(15)6-9/h3-6,8,22H,7H2,1-2H3/t13-/m1/s1. The highest BCUT2D eigenvalue weighted by Gasteiger charge is 2.63. The van der Waals surface area contributed by atoms with Gasteiger partial charge in [0, 0.05) is 22.2 Å². The monoisotopic (exact) mass is 378 g/mol. The highest BCUT2D eigenvalue weighted by atomic mass is 79.9. The van der Waals surface area contributed by atoms with E-state index in [1.807, 2.05) is 0 Å². The van der Waals surface area contributed by atoms with Gasteiger partial charge in [0.15, 0.2) is 0 Å². The number of rotatable bonds is 2. The maximum Gasteiger partial charge on any atom is 0.438 e. The van der Waals surface area contributed by atoms with Gasteiger partial charge < -0.3 is 5.11 Å². The minimum absolute atomic E-state index is 0.00538. The number of benzene rings is 1. The van der Waals surface area contributed by atoms with Crippen molar-refractivity contribution in [2.75, 3.05) is 0 Å². The van der Waals surface area contributed by atoms with E-state index in [4.69, 9.17) is 0 Å². The molecule has 22 heavy (non-hydrogen) atoms. The van der Waals surface area contributed by atoms with E-state index in [2.05, 4.69) is 21.0 Å². The van der Waals surface area contributed by atoms with Crippen molar-refractivity contribution in [1.82, 2.24) is 5.01 Å².